The smallest absolute Gasteiger partial charge is 0.111 e. The normalized spacial score (nSPS) is 10.7. The summed E-state index contributed by atoms with van der Waals surface area (Å²) in [6.07, 6.45) is 5.22. The zero-order valence-electron chi connectivity index (χ0n) is 6.78. The minimum atomic E-state index is 0.996. The third-order valence-electron chi connectivity index (χ3n) is 1.44. The summed E-state index contributed by atoms with van der Waals surface area (Å²) in [6, 6.07) is 0. The molecule has 0 aromatic carbocycles. The van der Waals surface area contributed by atoms with Crippen LogP contribution in [0, 0.1) is 6.92 Å². The van der Waals surface area contributed by atoms with E-state index in [1.165, 1.54) is 0 Å². The van der Waals surface area contributed by atoms with E-state index in [-0.39, 0.29) is 0 Å². The molecular weight excluding hydrogens is 138 g/mol. The van der Waals surface area contributed by atoms with Crippen LogP contribution in [0.5, 0.6) is 0 Å². The first-order valence-corrected chi connectivity index (χ1v) is 3.38. The molecule has 0 fully saturated rings. The molecule has 0 amide bonds. The lowest BCUT2D eigenvalue weighted by molar-refractivity contribution is 0.942. The number of hydrogen-bond donors (Lipinski definition) is 0. The van der Waals surface area contributed by atoms with E-state index in [0.29, 0.717) is 0 Å². The Bertz CT molecular complexity index is 284. The van der Waals surface area contributed by atoms with Gasteiger partial charge in [0, 0.05) is 7.05 Å². The van der Waals surface area contributed by atoms with Crippen LogP contribution in [0.2, 0.25) is 0 Å². The van der Waals surface area contributed by atoms with Crippen molar-refractivity contribution in [3.05, 3.63) is 24.0 Å². The molecule has 0 bridgehead atoms. The number of aryl methyl sites for hydroxylation is 1. The highest BCUT2D eigenvalue weighted by atomic mass is 15.3. The Kier molecular flexibility index (Phi) is 2.21. The molecule has 0 unspecified atom stereocenters. The minimum absolute atomic E-state index is 0.996. The van der Waals surface area contributed by atoms with Gasteiger partial charge in [-0.25, -0.2) is 4.68 Å². The minimum Gasteiger partial charge on any atom is -0.277 e. The molecule has 0 N–H and O–H groups in total. The molecule has 0 aliphatic rings. The predicted molar refractivity (Wildman–Crippen MR) is 46.9 cm³/mol. The van der Waals surface area contributed by atoms with Crippen molar-refractivity contribution in [1.82, 2.24) is 9.78 Å². The van der Waals surface area contributed by atoms with Gasteiger partial charge in [-0.1, -0.05) is 6.58 Å². The molecule has 1 rings (SSSR count). The van der Waals surface area contributed by atoms with Crippen molar-refractivity contribution in [3.8, 4) is 0 Å². The third-order valence-corrected chi connectivity index (χ3v) is 1.44. The maximum absolute atomic E-state index is 4.07. The Labute approximate surface area is 66.1 Å². The lowest BCUT2D eigenvalue weighted by atomic mass is 10.3. The van der Waals surface area contributed by atoms with Gasteiger partial charge in [-0.05, 0) is 18.6 Å². The highest BCUT2D eigenvalue weighted by Crippen LogP contribution is 2.05. The highest BCUT2D eigenvalue weighted by molar-refractivity contribution is 5.63. The van der Waals surface area contributed by atoms with E-state index in [2.05, 4.69) is 16.7 Å². The monoisotopic (exact) mass is 149 g/mol. The van der Waals surface area contributed by atoms with E-state index in [0.717, 1.165) is 11.3 Å². The summed E-state index contributed by atoms with van der Waals surface area (Å²) < 4.78 is 1.70. The second kappa shape index (κ2) is 3.14. The lowest BCUT2D eigenvalue weighted by Crippen LogP contribution is -1.99. The molecular formula is C8H11N3. The van der Waals surface area contributed by atoms with Crippen LogP contribution in [-0.4, -0.2) is 23.2 Å². The van der Waals surface area contributed by atoms with E-state index in [1.54, 1.807) is 30.3 Å². The zero-order valence-corrected chi connectivity index (χ0v) is 6.78. The molecule has 0 spiro atoms. The fourth-order valence-electron chi connectivity index (χ4n) is 0.914. The molecule has 0 atom stereocenters. The van der Waals surface area contributed by atoms with Gasteiger partial charge in [0.05, 0.1) is 11.9 Å². The van der Waals surface area contributed by atoms with Crippen molar-refractivity contribution in [2.24, 2.45) is 4.99 Å². The first kappa shape index (κ1) is 7.72. The van der Waals surface area contributed by atoms with Gasteiger partial charge in [-0.2, -0.15) is 5.10 Å². The maximum atomic E-state index is 4.07. The van der Waals surface area contributed by atoms with Crippen LogP contribution in [0.1, 0.15) is 11.3 Å². The fraction of sp³-hybridized carbons (Fsp3) is 0.250. The van der Waals surface area contributed by atoms with Gasteiger partial charge in [0.25, 0.3) is 0 Å². The van der Waals surface area contributed by atoms with Gasteiger partial charge in [0.2, 0.25) is 0 Å². The first-order chi connectivity index (χ1) is 5.29. The molecule has 1 heterocycles. The lowest BCUT2D eigenvalue weighted by Gasteiger charge is -1.94. The molecule has 58 valence electrons. The van der Waals surface area contributed by atoms with E-state index in [4.69, 9.17) is 0 Å². The quantitative estimate of drug-likeness (QED) is 0.461. The van der Waals surface area contributed by atoms with E-state index in [1.807, 2.05) is 6.92 Å². The molecule has 3 heteroatoms. The molecule has 0 radical (unpaired) electrons. The van der Waals surface area contributed by atoms with E-state index < -0.39 is 0 Å². The summed E-state index contributed by atoms with van der Waals surface area (Å²) in [5.41, 5.74) is 2.11. The van der Waals surface area contributed by atoms with Crippen LogP contribution < -0.4 is 0 Å². The Morgan fingerprint density at radius 1 is 1.73 bits per heavy atom. The third kappa shape index (κ3) is 1.37. The van der Waals surface area contributed by atoms with Crippen molar-refractivity contribution in [2.75, 3.05) is 7.05 Å². The average Bonchev–Trinajstić information content (AvgIpc) is 2.33. The van der Waals surface area contributed by atoms with Gasteiger partial charge in [-0.3, -0.25) is 4.99 Å². The Balaban J connectivity index is 3.15. The van der Waals surface area contributed by atoms with Crippen LogP contribution in [0.3, 0.4) is 0 Å². The standard InChI is InChI=1S/C8H11N3/c1-4-8-7(2)5-10-11(8)6-9-3/h4-6H,1H2,2-3H3. The number of nitrogens with zero attached hydrogens (tertiary/aromatic N) is 3. The molecule has 0 aliphatic carbocycles. The fourth-order valence-corrected chi connectivity index (χ4v) is 0.914. The van der Waals surface area contributed by atoms with Crippen LogP contribution >= 0.6 is 0 Å². The van der Waals surface area contributed by atoms with Gasteiger partial charge in [-0.15, -0.1) is 0 Å². The number of aliphatic imine (C=N–C) groups is 1. The second-order valence-electron chi connectivity index (χ2n) is 2.24. The van der Waals surface area contributed by atoms with Crippen molar-refractivity contribution in [2.45, 2.75) is 6.92 Å². The first-order valence-electron chi connectivity index (χ1n) is 3.38. The summed E-state index contributed by atoms with van der Waals surface area (Å²) in [6.45, 7) is 5.67. The molecule has 11 heavy (non-hydrogen) atoms. The summed E-state index contributed by atoms with van der Waals surface area (Å²) in [5.74, 6) is 0. The Morgan fingerprint density at radius 2 is 2.45 bits per heavy atom. The van der Waals surface area contributed by atoms with Crippen molar-refractivity contribution >= 4 is 12.4 Å². The zero-order chi connectivity index (χ0) is 8.27. The molecule has 0 saturated carbocycles. The van der Waals surface area contributed by atoms with Crippen molar-refractivity contribution < 1.29 is 0 Å². The average molecular weight is 149 g/mol. The van der Waals surface area contributed by atoms with Crippen LogP contribution in [0.4, 0.5) is 0 Å². The summed E-state index contributed by atoms with van der Waals surface area (Å²) in [4.78, 5) is 3.86. The van der Waals surface area contributed by atoms with E-state index >= 15 is 0 Å². The number of rotatable bonds is 2. The molecule has 0 saturated heterocycles. The van der Waals surface area contributed by atoms with Gasteiger partial charge >= 0.3 is 0 Å². The van der Waals surface area contributed by atoms with Crippen LogP contribution in [0.25, 0.3) is 6.08 Å². The van der Waals surface area contributed by atoms with Gasteiger partial charge in [0.1, 0.15) is 6.34 Å². The number of hydrogen-bond acceptors (Lipinski definition) is 2. The molecule has 3 nitrogen and oxygen atoms in total. The molecule has 1 aromatic rings. The second-order valence-corrected chi connectivity index (χ2v) is 2.24. The predicted octanol–water partition coefficient (Wildman–Crippen LogP) is 1.34. The summed E-state index contributed by atoms with van der Waals surface area (Å²) in [5, 5.41) is 4.07. The van der Waals surface area contributed by atoms with Crippen molar-refractivity contribution in [1.29, 1.82) is 0 Å². The van der Waals surface area contributed by atoms with Crippen molar-refractivity contribution in [3.63, 3.8) is 0 Å². The largest absolute Gasteiger partial charge is 0.277 e. The summed E-state index contributed by atoms with van der Waals surface area (Å²) in [7, 11) is 1.71. The highest BCUT2D eigenvalue weighted by Gasteiger charge is 1.99. The van der Waals surface area contributed by atoms with Crippen LogP contribution in [-0.2, 0) is 0 Å². The summed E-state index contributed by atoms with van der Waals surface area (Å²) >= 11 is 0. The number of aromatic nitrogens is 2. The SMILES string of the molecule is C=Cc1c(C)cnn1C=NC. The van der Waals surface area contributed by atoms with Crippen LogP contribution in [0.15, 0.2) is 17.8 Å². The Morgan fingerprint density at radius 3 is 3.00 bits per heavy atom. The molecule has 1 aromatic heterocycles. The Hall–Kier alpha value is -1.38. The maximum Gasteiger partial charge on any atom is 0.111 e. The van der Waals surface area contributed by atoms with Gasteiger partial charge in [0.15, 0.2) is 0 Å². The van der Waals surface area contributed by atoms with Gasteiger partial charge < -0.3 is 0 Å². The topological polar surface area (TPSA) is 30.2 Å². The van der Waals surface area contributed by atoms with E-state index in [9.17, 15) is 0 Å². The molecule has 0 aliphatic heterocycles.